The Morgan fingerprint density at radius 2 is 2.06 bits per heavy atom. The molecule has 8 heteroatoms. The van der Waals surface area contributed by atoms with Crippen molar-refractivity contribution in [3.8, 4) is 27.6 Å². The van der Waals surface area contributed by atoms with E-state index in [2.05, 4.69) is 36.3 Å². The molecule has 7 nitrogen and oxygen atoms in total. The minimum atomic E-state index is -1.20. The summed E-state index contributed by atoms with van der Waals surface area (Å²) in [6, 6.07) is 5.69. The summed E-state index contributed by atoms with van der Waals surface area (Å²) in [5.74, 6) is 0.416. The molecule has 0 aliphatic carbocycles. The van der Waals surface area contributed by atoms with Crippen LogP contribution in [0.1, 0.15) is 48.7 Å². The van der Waals surface area contributed by atoms with Gasteiger partial charge in [0.15, 0.2) is 5.43 Å². The second kappa shape index (κ2) is 9.35. The minimum Gasteiger partial charge on any atom is -0.493 e. The number of benzene rings is 1. The lowest BCUT2D eigenvalue weighted by molar-refractivity contribution is 0.0694. The van der Waals surface area contributed by atoms with Gasteiger partial charge in [-0.2, -0.15) is 0 Å². The first-order chi connectivity index (χ1) is 16.4. The molecule has 1 unspecified atom stereocenters. The third-order valence-corrected chi connectivity index (χ3v) is 7.75. The van der Waals surface area contributed by atoms with Gasteiger partial charge < -0.3 is 19.7 Å². The smallest absolute Gasteiger partial charge is 0.341 e. The largest absolute Gasteiger partial charge is 0.493 e. The molecule has 178 valence electrons. The van der Waals surface area contributed by atoms with E-state index in [4.69, 9.17) is 4.74 Å². The van der Waals surface area contributed by atoms with Crippen LogP contribution in [0.15, 0.2) is 40.8 Å². The fourth-order valence-electron chi connectivity index (χ4n) is 5.01. The Hall–Kier alpha value is -2.97. The number of carboxylic acid groups (broad SMARTS) is 1. The lowest BCUT2D eigenvalue weighted by Crippen LogP contribution is -2.30. The molecule has 0 radical (unpaired) electrons. The molecule has 2 aromatic heterocycles. The van der Waals surface area contributed by atoms with Crippen LogP contribution in [0.4, 0.5) is 0 Å². The van der Waals surface area contributed by atoms with E-state index >= 15 is 0 Å². The van der Waals surface area contributed by atoms with E-state index in [1.165, 1.54) is 12.3 Å². The molecule has 34 heavy (non-hydrogen) atoms. The van der Waals surface area contributed by atoms with E-state index in [1.807, 2.05) is 9.95 Å². The van der Waals surface area contributed by atoms with Crippen molar-refractivity contribution in [2.45, 2.75) is 39.2 Å². The maximum atomic E-state index is 12.6. The summed E-state index contributed by atoms with van der Waals surface area (Å²) >= 11 is 1.55. The van der Waals surface area contributed by atoms with Gasteiger partial charge in [0.05, 0.1) is 17.9 Å². The molecule has 3 aromatic rings. The van der Waals surface area contributed by atoms with Gasteiger partial charge in [-0.25, -0.2) is 9.78 Å². The van der Waals surface area contributed by atoms with Crippen LogP contribution in [-0.4, -0.2) is 40.3 Å². The summed E-state index contributed by atoms with van der Waals surface area (Å²) in [7, 11) is 0. The molecule has 1 saturated heterocycles. The molecule has 5 rings (SSSR count). The van der Waals surface area contributed by atoms with E-state index in [-0.39, 0.29) is 17.5 Å². The number of aromatic nitrogens is 2. The van der Waals surface area contributed by atoms with Crippen LogP contribution in [0.3, 0.4) is 0 Å². The van der Waals surface area contributed by atoms with E-state index in [9.17, 15) is 14.7 Å². The molecule has 0 spiro atoms. The Morgan fingerprint density at radius 3 is 2.74 bits per heavy atom. The van der Waals surface area contributed by atoms with Crippen molar-refractivity contribution in [3.05, 3.63) is 57.3 Å². The zero-order valence-electron chi connectivity index (χ0n) is 19.4. The fraction of sp³-hybridized carbons (Fsp3) is 0.423. The summed E-state index contributed by atoms with van der Waals surface area (Å²) in [6.07, 6.45) is 6.24. The van der Waals surface area contributed by atoms with Crippen LogP contribution < -0.4 is 15.5 Å². The van der Waals surface area contributed by atoms with Crippen LogP contribution in [0.5, 0.6) is 5.75 Å². The van der Waals surface area contributed by atoms with Crippen molar-refractivity contribution in [1.29, 1.82) is 0 Å². The van der Waals surface area contributed by atoms with Crippen molar-refractivity contribution < 1.29 is 14.6 Å². The highest BCUT2D eigenvalue weighted by Crippen LogP contribution is 2.43. The van der Waals surface area contributed by atoms with E-state index in [0.29, 0.717) is 12.5 Å². The number of ether oxygens (including phenoxy) is 1. The molecular formula is C26H29N3O4S. The Labute approximate surface area is 202 Å². The van der Waals surface area contributed by atoms with Crippen LogP contribution in [-0.2, 0) is 6.42 Å². The number of carboxylic acids is 1. The second-order valence-corrected chi connectivity index (χ2v) is 10.4. The molecule has 1 aromatic carbocycles. The van der Waals surface area contributed by atoms with E-state index in [0.717, 1.165) is 65.5 Å². The van der Waals surface area contributed by atoms with Crippen molar-refractivity contribution >= 4 is 17.3 Å². The lowest BCUT2D eigenvalue weighted by Gasteiger charge is -2.34. The summed E-state index contributed by atoms with van der Waals surface area (Å²) in [6.45, 7) is 6.96. The van der Waals surface area contributed by atoms with Gasteiger partial charge in [0.25, 0.3) is 0 Å². The number of nitrogens with one attached hydrogen (secondary N) is 1. The summed E-state index contributed by atoms with van der Waals surface area (Å²) in [4.78, 5) is 28.8. The first-order valence-corrected chi connectivity index (χ1v) is 12.7. The van der Waals surface area contributed by atoms with Crippen molar-refractivity contribution in [1.82, 2.24) is 14.9 Å². The summed E-state index contributed by atoms with van der Waals surface area (Å²) in [5, 5.41) is 15.7. The first-order valence-electron chi connectivity index (χ1n) is 11.8. The quantitative estimate of drug-likeness (QED) is 0.542. The SMILES string of the molecule is CC(C)C1Cc2cc(OCC3CCNCC3)c(-c3nccs3)cc2-c2cc(=O)c(C(=O)O)cn21. The number of hydrogen-bond donors (Lipinski definition) is 2. The second-order valence-electron chi connectivity index (χ2n) is 9.51. The van der Waals surface area contributed by atoms with Gasteiger partial charge >= 0.3 is 5.97 Å². The molecule has 2 aliphatic heterocycles. The molecule has 0 bridgehead atoms. The zero-order chi connectivity index (χ0) is 23.8. The topological polar surface area (TPSA) is 93.4 Å². The van der Waals surface area contributed by atoms with Gasteiger partial charge in [-0.05, 0) is 61.9 Å². The number of piperidine rings is 1. The lowest BCUT2D eigenvalue weighted by atomic mass is 9.86. The Bertz CT molecular complexity index is 1260. The molecule has 0 saturated carbocycles. The fourth-order valence-corrected chi connectivity index (χ4v) is 5.67. The van der Waals surface area contributed by atoms with Crippen molar-refractivity contribution in [2.75, 3.05) is 19.7 Å². The predicted octanol–water partition coefficient (Wildman–Crippen LogP) is 4.47. The molecule has 1 fully saturated rings. The standard InChI is InChI=1S/C26H29N3O4S/c1-15(2)21-9-17-10-24(33-14-16-3-5-27-6-4-16)19(25-28-7-8-34-25)11-18(17)22-12-23(30)20(26(31)32)13-29(21)22/h7-8,10-13,15-16,21,27H,3-6,9,14H2,1-2H3,(H,31,32). The highest BCUT2D eigenvalue weighted by Gasteiger charge is 2.30. The number of aromatic carboxylic acids is 1. The van der Waals surface area contributed by atoms with Crippen molar-refractivity contribution in [2.24, 2.45) is 11.8 Å². The molecule has 4 heterocycles. The summed E-state index contributed by atoms with van der Waals surface area (Å²) < 4.78 is 8.39. The van der Waals surface area contributed by atoms with Gasteiger partial charge in [0.2, 0.25) is 0 Å². The third kappa shape index (κ3) is 4.28. The average molecular weight is 480 g/mol. The number of carbonyl (C=O) groups is 1. The van der Waals surface area contributed by atoms with E-state index in [1.54, 1.807) is 17.5 Å². The van der Waals surface area contributed by atoms with Gasteiger partial charge in [0.1, 0.15) is 16.3 Å². The highest BCUT2D eigenvalue weighted by molar-refractivity contribution is 7.13. The van der Waals surface area contributed by atoms with Crippen LogP contribution in [0, 0.1) is 11.8 Å². The van der Waals surface area contributed by atoms with Crippen LogP contribution in [0.2, 0.25) is 0 Å². The average Bonchev–Trinajstić information content (AvgIpc) is 3.36. The highest BCUT2D eigenvalue weighted by atomic mass is 32.1. The Balaban J connectivity index is 1.62. The molecule has 1 atom stereocenters. The molecule has 0 amide bonds. The molecular weight excluding hydrogens is 450 g/mol. The third-order valence-electron chi connectivity index (χ3n) is 6.94. The number of fused-ring (bicyclic) bond motifs is 3. The zero-order valence-corrected chi connectivity index (χ0v) is 20.2. The van der Waals surface area contributed by atoms with Gasteiger partial charge in [0, 0.05) is 35.4 Å². The molecule has 2 aliphatic rings. The monoisotopic (exact) mass is 479 g/mol. The maximum Gasteiger partial charge on any atom is 0.341 e. The number of nitrogens with zero attached hydrogens (tertiary/aromatic N) is 2. The number of pyridine rings is 1. The summed E-state index contributed by atoms with van der Waals surface area (Å²) in [5.41, 5.74) is 3.04. The first kappa shape index (κ1) is 22.8. The maximum absolute atomic E-state index is 12.6. The van der Waals surface area contributed by atoms with Gasteiger partial charge in [-0.1, -0.05) is 13.8 Å². The number of rotatable bonds is 6. The number of hydrogen-bond acceptors (Lipinski definition) is 6. The van der Waals surface area contributed by atoms with Gasteiger partial charge in [-0.3, -0.25) is 4.79 Å². The van der Waals surface area contributed by atoms with Gasteiger partial charge in [-0.15, -0.1) is 11.3 Å². The number of thiazole rings is 1. The normalized spacial score (nSPS) is 17.9. The van der Waals surface area contributed by atoms with E-state index < -0.39 is 11.4 Å². The predicted molar refractivity (Wildman–Crippen MR) is 133 cm³/mol. The Morgan fingerprint density at radius 1 is 1.26 bits per heavy atom. The minimum absolute atomic E-state index is 0.0455. The Kier molecular flexibility index (Phi) is 6.27. The molecule has 2 N–H and O–H groups in total. The van der Waals surface area contributed by atoms with Crippen LogP contribution in [0.25, 0.3) is 21.8 Å². The van der Waals surface area contributed by atoms with Crippen molar-refractivity contribution in [3.63, 3.8) is 0 Å². The van der Waals surface area contributed by atoms with Crippen LogP contribution >= 0.6 is 11.3 Å².